The number of rotatable bonds is 5. The van der Waals surface area contributed by atoms with E-state index in [2.05, 4.69) is 18.4 Å². The molecule has 0 N–H and O–H groups in total. The van der Waals surface area contributed by atoms with Gasteiger partial charge in [-0.1, -0.05) is 12.5 Å². The second kappa shape index (κ2) is 7.52. The first-order chi connectivity index (χ1) is 7.58. The number of carbonyl (C=O) groups excluding carboxylic acids is 2. The molecule has 0 radical (unpaired) electrons. The Labute approximate surface area is 96.3 Å². The zero-order valence-corrected chi connectivity index (χ0v) is 9.95. The molecule has 0 heterocycles. The van der Waals surface area contributed by atoms with Crippen LogP contribution in [0.25, 0.3) is 0 Å². The Kier molecular flexibility index (Phi) is 6.69. The molecule has 0 saturated carbocycles. The minimum atomic E-state index is -0.647. The predicted octanol–water partition coefficient (Wildman–Crippen LogP) is 0.976. The minimum Gasteiger partial charge on any atom is -0.464 e. The van der Waals surface area contributed by atoms with E-state index >= 15 is 0 Å². The maximum Gasteiger partial charge on any atom is 0.328 e. The number of esters is 1. The molecule has 4 nitrogen and oxygen atoms in total. The van der Waals surface area contributed by atoms with E-state index in [1.54, 1.807) is 20.8 Å². The maximum absolute atomic E-state index is 11.5. The SMILES string of the molecule is C=CC(=O)N(CC#CC)C(C)C(=O)OCC. The molecule has 16 heavy (non-hydrogen) atoms. The number of amides is 1. The molecule has 1 atom stereocenters. The Balaban J connectivity index is 4.71. The lowest BCUT2D eigenvalue weighted by molar-refractivity contribution is -0.152. The summed E-state index contributed by atoms with van der Waals surface area (Å²) in [5, 5.41) is 0. The molecular weight excluding hydrogens is 206 g/mol. The first-order valence-electron chi connectivity index (χ1n) is 5.07. The maximum atomic E-state index is 11.5. The summed E-state index contributed by atoms with van der Waals surface area (Å²) in [5.41, 5.74) is 0. The third kappa shape index (κ3) is 4.18. The van der Waals surface area contributed by atoms with Gasteiger partial charge in [-0.05, 0) is 26.8 Å². The van der Waals surface area contributed by atoms with Crippen molar-refractivity contribution in [2.24, 2.45) is 0 Å². The van der Waals surface area contributed by atoms with E-state index in [1.165, 1.54) is 4.90 Å². The van der Waals surface area contributed by atoms with Gasteiger partial charge in [-0.3, -0.25) is 4.79 Å². The summed E-state index contributed by atoms with van der Waals surface area (Å²) in [5.74, 6) is 4.65. The van der Waals surface area contributed by atoms with Gasteiger partial charge in [0.15, 0.2) is 0 Å². The fourth-order valence-electron chi connectivity index (χ4n) is 1.08. The number of carbonyl (C=O) groups is 2. The third-order valence-electron chi connectivity index (χ3n) is 1.98. The van der Waals surface area contributed by atoms with Crippen molar-refractivity contribution in [2.45, 2.75) is 26.8 Å². The van der Waals surface area contributed by atoms with Crippen molar-refractivity contribution in [1.29, 1.82) is 0 Å². The fraction of sp³-hybridized carbons (Fsp3) is 0.500. The summed E-state index contributed by atoms with van der Waals surface area (Å²) in [7, 11) is 0. The molecule has 0 saturated heterocycles. The lowest BCUT2D eigenvalue weighted by atomic mass is 10.2. The van der Waals surface area contributed by atoms with Gasteiger partial charge in [0, 0.05) is 0 Å². The summed E-state index contributed by atoms with van der Waals surface area (Å²) in [4.78, 5) is 24.3. The molecule has 0 aromatic heterocycles. The van der Waals surface area contributed by atoms with Crippen molar-refractivity contribution in [3.05, 3.63) is 12.7 Å². The lowest BCUT2D eigenvalue weighted by Crippen LogP contribution is -2.43. The molecule has 0 aliphatic heterocycles. The zero-order chi connectivity index (χ0) is 12.6. The lowest BCUT2D eigenvalue weighted by Gasteiger charge is -2.24. The number of hydrogen-bond acceptors (Lipinski definition) is 3. The van der Waals surface area contributed by atoms with Gasteiger partial charge in [-0.2, -0.15) is 0 Å². The highest BCUT2D eigenvalue weighted by Gasteiger charge is 2.24. The molecule has 0 aromatic rings. The Morgan fingerprint density at radius 2 is 2.19 bits per heavy atom. The molecule has 88 valence electrons. The summed E-state index contributed by atoms with van der Waals surface area (Å²) in [6.45, 7) is 8.87. The largest absolute Gasteiger partial charge is 0.464 e. The Morgan fingerprint density at radius 3 is 2.62 bits per heavy atom. The van der Waals surface area contributed by atoms with Crippen LogP contribution in [0.15, 0.2) is 12.7 Å². The molecule has 0 bridgehead atoms. The molecule has 0 rings (SSSR count). The summed E-state index contributed by atoms with van der Waals surface area (Å²) in [6.07, 6.45) is 1.16. The topological polar surface area (TPSA) is 46.6 Å². The normalized spacial score (nSPS) is 10.7. The van der Waals surface area contributed by atoms with Gasteiger partial charge in [-0.15, -0.1) is 5.92 Å². The van der Waals surface area contributed by atoms with E-state index in [-0.39, 0.29) is 12.5 Å². The molecule has 0 aliphatic carbocycles. The molecule has 1 unspecified atom stereocenters. The molecular formula is C12H17NO3. The smallest absolute Gasteiger partial charge is 0.328 e. The van der Waals surface area contributed by atoms with Crippen LogP contribution in [0.2, 0.25) is 0 Å². The van der Waals surface area contributed by atoms with Crippen LogP contribution in [-0.4, -0.2) is 36.0 Å². The quantitative estimate of drug-likeness (QED) is 0.396. The van der Waals surface area contributed by atoms with E-state index in [0.717, 1.165) is 6.08 Å². The van der Waals surface area contributed by atoms with Crippen molar-refractivity contribution >= 4 is 11.9 Å². The standard InChI is InChI=1S/C12H17NO3/c1-5-8-9-13(11(14)6-2)10(4)12(15)16-7-3/h6,10H,2,7,9H2,1,3-4H3. The molecule has 0 aromatic carbocycles. The zero-order valence-electron chi connectivity index (χ0n) is 9.95. The van der Waals surface area contributed by atoms with Gasteiger partial charge in [0.05, 0.1) is 13.2 Å². The predicted molar refractivity (Wildman–Crippen MR) is 61.5 cm³/mol. The second-order valence-corrected chi connectivity index (χ2v) is 3.03. The van der Waals surface area contributed by atoms with Crippen LogP contribution in [0.3, 0.4) is 0 Å². The molecule has 0 fully saturated rings. The molecule has 1 amide bonds. The van der Waals surface area contributed by atoms with Crippen LogP contribution in [0.1, 0.15) is 20.8 Å². The highest BCUT2D eigenvalue weighted by molar-refractivity contribution is 5.91. The van der Waals surface area contributed by atoms with Crippen molar-refractivity contribution in [3.8, 4) is 11.8 Å². The number of ether oxygens (including phenoxy) is 1. The molecule has 0 aliphatic rings. The van der Waals surface area contributed by atoms with Crippen molar-refractivity contribution in [1.82, 2.24) is 4.90 Å². The summed E-state index contributed by atoms with van der Waals surface area (Å²) >= 11 is 0. The highest BCUT2D eigenvalue weighted by atomic mass is 16.5. The van der Waals surface area contributed by atoms with E-state index in [4.69, 9.17) is 4.74 Å². The van der Waals surface area contributed by atoms with Crippen molar-refractivity contribution < 1.29 is 14.3 Å². The van der Waals surface area contributed by atoms with E-state index in [0.29, 0.717) is 6.61 Å². The minimum absolute atomic E-state index is 0.196. The summed E-state index contributed by atoms with van der Waals surface area (Å²) in [6, 6.07) is -0.647. The first-order valence-corrected chi connectivity index (χ1v) is 5.07. The first kappa shape index (κ1) is 14.2. The van der Waals surface area contributed by atoms with Crippen LogP contribution < -0.4 is 0 Å². The Morgan fingerprint density at radius 1 is 1.56 bits per heavy atom. The van der Waals surface area contributed by atoms with Gasteiger partial charge in [0.1, 0.15) is 6.04 Å². The van der Waals surface area contributed by atoms with Crippen LogP contribution in [0.5, 0.6) is 0 Å². The van der Waals surface area contributed by atoms with Gasteiger partial charge in [0.25, 0.3) is 0 Å². The van der Waals surface area contributed by atoms with Gasteiger partial charge in [0.2, 0.25) is 5.91 Å². The van der Waals surface area contributed by atoms with E-state index in [9.17, 15) is 9.59 Å². The van der Waals surface area contributed by atoms with Gasteiger partial charge in [-0.25, -0.2) is 4.79 Å². The third-order valence-corrected chi connectivity index (χ3v) is 1.98. The van der Waals surface area contributed by atoms with Crippen molar-refractivity contribution in [3.63, 3.8) is 0 Å². The number of hydrogen-bond donors (Lipinski definition) is 0. The van der Waals surface area contributed by atoms with Crippen LogP contribution >= 0.6 is 0 Å². The van der Waals surface area contributed by atoms with Crippen LogP contribution in [-0.2, 0) is 14.3 Å². The highest BCUT2D eigenvalue weighted by Crippen LogP contribution is 2.02. The van der Waals surface area contributed by atoms with Gasteiger partial charge < -0.3 is 9.64 Å². The summed E-state index contributed by atoms with van der Waals surface area (Å²) < 4.78 is 4.84. The van der Waals surface area contributed by atoms with E-state index < -0.39 is 12.0 Å². The van der Waals surface area contributed by atoms with Gasteiger partial charge >= 0.3 is 5.97 Å². The average Bonchev–Trinajstić information content (AvgIpc) is 2.29. The van der Waals surface area contributed by atoms with E-state index in [1.807, 2.05) is 0 Å². The Hall–Kier alpha value is -1.76. The van der Waals surface area contributed by atoms with Crippen molar-refractivity contribution in [2.75, 3.05) is 13.2 Å². The second-order valence-electron chi connectivity index (χ2n) is 3.03. The molecule has 0 spiro atoms. The number of nitrogens with zero attached hydrogens (tertiary/aromatic N) is 1. The molecule has 4 heteroatoms. The average molecular weight is 223 g/mol. The fourth-order valence-corrected chi connectivity index (χ4v) is 1.08. The van der Waals surface area contributed by atoms with Crippen LogP contribution in [0.4, 0.5) is 0 Å². The Bertz CT molecular complexity index is 325. The monoisotopic (exact) mass is 223 g/mol. The van der Waals surface area contributed by atoms with Crippen LogP contribution in [0, 0.1) is 11.8 Å².